The van der Waals surface area contributed by atoms with Gasteiger partial charge in [0.1, 0.15) is 11.3 Å². The Kier molecular flexibility index (Phi) is 2.68. The molecule has 0 spiro atoms. The Morgan fingerprint density at radius 3 is 2.74 bits per heavy atom. The normalized spacial score (nSPS) is 13.1. The van der Waals surface area contributed by atoms with Crippen LogP contribution in [0.25, 0.3) is 11.0 Å². The van der Waals surface area contributed by atoms with E-state index in [0.717, 1.165) is 33.6 Å². The van der Waals surface area contributed by atoms with Crippen LogP contribution in [0.3, 0.4) is 0 Å². The fourth-order valence-corrected chi connectivity index (χ4v) is 2.46. The maximum Gasteiger partial charge on any atom is 0.137 e. The summed E-state index contributed by atoms with van der Waals surface area (Å²) in [5, 5.41) is 5.41. The third kappa shape index (κ3) is 1.94. The third-order valence-corrected chi connectivity index (χ3v) is 3.45. The molecule has 0 amide bonds. The molecule has 0 aliphatic rings. The van der Waals surface area contributed by atoms with Gasteiger partial charge in [0, 0.05) is 24.2 Å². The van der Waals surface area contributed by atoms with E-state index in [9.17, 15) is 0 Å². The fourth-order valence-electron chi connectivity index (χ4n) is 2.46. The molecule has 0 saturated heterocycles. The number of hydrogen-bond donors (Lipinski definition) is 1. The minimum Gasteiger partial charge on any atom is -0.459 e. The number of hydrogen-bond acceptors (Lipinski definition) is 3. The Morgan fingerprint density at radius 2 is 2.11 bits per heavy atom. The van der Waals surface area contributed by atoms with Gasteiger partial charge in [-0.05, 0) is 25.5 Å². The van der Waals surface area contributed by atoms with Crippen molar-refractivity contribution in [2.24, 2.45) is 12.8 Å². The van der Waals surface area contributed by atoms with Crippen molar-refractivity contribution in [1.29, 1.82) is 0 Å². The zero-order valence-electron chi connectivity index (χ0n) is 11.3. The molecule has 3 aromatic rings. The van der Waals surface area contributed by atoms with E-state index in [4.69, 9.17) is 10.2 Å². The average molecular weight is 255 g/mol. The standard InChI is InChI=1S/C15H17N3O/c1-9-5-4-6-11-7-13(19-15(9)11)14(16)12-8-18(3)17-10(12)2/h4-8,14H,16H2,1-3H3. The van der Waals surface area contributed by atoms with E-state index in [1.807, 2.05) is 51.4 Å². The average Bonchev–Trinajstić information content (AvgIpc) is 2.93. The summed E-state index contributed by atoms with van der Waals surface area (Å²) in [5.41, 5.74) is 10.3. The molecule has 4 heteroatoms. The molecule has 98 valence electrons. The van der Waals surface area contributed by atoms with Crippen molar-refractivity contribution in [2.75, 3.05) is 0 Å². The second-order valence-corrected chi connectivity index (χ2v) is 4.96. The quantitative estimate of drug-likeness (QED) is 0.766. The molecule has 3 rings (SSSR count). The van der Waals surface area contributed by atoms with Crippen molar-refractivity contribution in [1.82, 2.24) is 9.78 Å². The number of furan rings is 1. The summed E-state index contributed by atoms with van der Waals surface area (Å²) in [6.45, 7) is 4.00. The van der Waals surface area contributed by atoms with E-state index in [1.54, 1.807) is 4.68 Å². The number of para-hydroxylation sites is 1. The maximum absolute atomic E-state index is 6.30. The van der Waals surface area contributed by atoms with Crippen molar-refractivity contribution in [3.63, 3.8) is 0 Å². The fraction of sp³-hybridized carbons (Fsp3) is 0.267. The van der Waals surface area contributed by atoms with Gasteiger partial charge < -0.3 is 10.2 Å². The van der Waals surface area contributed by atoms with Crippen LogP contribution in [0.2, 0.25) is 0 Å². The largest absolute Gasteiger partial charge is 0.459 e. The lowest BCUT2D eigenvalue weighted by molar-refractivity contribution is 0.522. The molecule has 1 unspecified atom stereocenters. The van der Waals surface area contributed by atoms with Crippen LogP contribution in [-0.4, -0.2) is 9.78 Å². The molecule has 0 bridgehead atoms. The summed E-state index contributed by atoms with van der Waals surface area (Å²) in [7, 11) is 1.89. The topological polar surface area (TPSA) is 57.0 Å². The van der Waals surface area contributed by atoms with Gasteiger partial charge in [0.25, 0.3) is 0 Å². The molecule has 0 aliphatic heterocycles. The predicted molar refractivity (Wildman–Crippen MR) is 74.9 cm³/mol. The Bertz CT molecular complexity index is 739. The van der Waals surface area contributed by atoms with Crippen LogP contribution in [0.1, 0.15) is 28.6 Å². The zero-order valence-corrected chi connectivity index (χ0v) is 11.3. The SMILES string of the molecule is Cc1nn(C)cc1C(N)c1cc2cccc(C)c2o1. The van der Waals surface area contributed by atoms with E-state index in [1.165, 1.54) is 0 Å². The lowest BCUT2D eigenvalue weighted by atomic mass is 10.1. The second-order valence-electron chi connectivity index (χ2n) is 4.96. The van der Waals surface area contributed by atoms with Gasteiger partial charge in [0.2, 0.25) is 0 Å². The van der Waals surface area contributed by atoms with Crippen LogP contribution in [-0.2, 0) is 7.05 Å². The van der Waals surface area contributed by atoms with E-state index in [0.29, 0.717) is 0 Å². The van der Waals surface area contributed by atoms with E-state index < -0.39 is 0 Å². The van der Waals surface area contributed by atoms with Crippen molar-refractivity contribution in [3.8, 4) is 0 Å². The van der Waals surface area contributed by atoms with Gasteiger partial charge in [-0.15, -0.1) is 0 Å². The van der Waals surface area contributed by atoms with Gasteiger partial charge in [-0.25, -0.2) is 0 Å². The van der Waals surface area contributed by atoms with E-state index in [-0.39, 0.29) is 6.04 Å². The molecule has 4 nitrogen and oxygen atoms in total. The second kappa shape index (κ2) is 4.24. The van der Waals surface area contributed by atoms with Gasteiger partial charge in [-0.1, -0.05) is 18.2 Å². The lowest BCUT2D eigenvalue weighted by Crippen LogP contribution is -2.11. The molecule has 19 heavy (non-hydrogen) atoms. The first-order valence-electron chi connectivity index (χ1n) is 6.31. The number of nitrogens with zero attached hydrogens (tertiary/aromatic N) is 2. The summed E-state index contributed by atoms with van der Waals surface area (Å²) in [6.07, 6.45) is 1.94. The summed E-state index contributed by atoms with van der Waals surface area (Å²) in [6, 6.07) is 7.84. The summed E-state index contributed by atoms with van der Waals surface area (Å²) in [4.78, 5) is 0. The Balaban J connectivity index is 2.09. The number of rotatable bonds is 2. The van der Waals surface area contributed by atoms with Crippen molar-refractivity contribution < 1.29 is 4.42 Å². The summed E-state index contributed by atoms with van der Waals surface area (Å²) in [5.74, 6) is 0.778. The summed E-state index contributed by atoms with van der Waals surface area (Å²) < 4.78 is 7.69. The number of fused-ring (bicyclic) bond motifs is 1. The monoisotopic (exact) mass is 255 g/mol. The van der Waals surface area contributed by atoms with Crippen molar-refractivity contribution in [3.05, 3.63) is 53.0 Å². The highest BCUT2D eigenvalue weighted by Crippen LogP contribution is 2.29. The highest BCUT2D eigenvalue weighted by atomic mass is 16.3. The van der Waals surface area contributed by atoms with Crippen LogP contribution in [0.5, 0.6) is 0 Å². The number of aromatic nitrogens is 2. The number of benzene rings is 1. The first-order chi connectivity index (χ1) is 9.06. The zero-order chi connectivity index (χ0) is 13.6. The van der Waals surface area contributed by atoms with Crippen LogP contribution < -0.4 is 5.73 Å². The molecule has 2 N–H and O–H groups in total. The predicted octanol–water partition coefficient (Wildman–Crippen LogP) is 2.83. The third-order valence-electron chi connectivity index (χ3n) is 3.45. The van der Waals surface area contributed by atoms with Crippen molar-refractivity contribution in [2.45, 2.75) is 19.9 Å². The maximum atomic E-state index is 6.30. The smallest absolute Gasteiger partial charge is 0.137 e. The van der Waals surface area contributed by atoms with Crippen LogP contribution in [0.4, 0.5) is 0 Å². The van der Waals surface area contributed by atoms with Gasteiger partial charge in [0.15, 0.2) is 0 Å². The minimum absolute atomic E-state index is 0.277. The molecule has 0 radical (unpaired) electrons. The highest BCUT2D eigenvalue weighted by Gasteiger charge is 2.18. The number of nitrogens with two attached hydrogens (primary N) is 1. The van der Waals surface area contributed by atoms with Gasteiger partial charge >= 0.3 is 0 Å². The first-order valence-corrected chi connectivity index (χ1v) is 6.31. The molecule has 0 aliphatic carbocycles. The lowest BCUT2D eigenvalue weighted by Gasteiger charge is -2.06. The Hall–Kier alpha value is -2.07. The number of aryl methyl sites for hydroxylation is 3. The Morgan fingerprint density at radius 1 is 1.32 bits per heavy atom. The van der Waals surface area contributed by atoms with E-state index in [2.05, 4.69) is 5.10 Å². The molecular formula is C15H17N3O. The molecule has 1 atom stereocenters. The van der Waals surface area contributed by atoms with Gasteiger partial charge in [-0.3, -0.25) is 4.68 Å². The van der Waals surface area contributed by atoms with Gasteiger partial charge in [-0.2, -0.15) is 5.10 Å². The van der Waals surface area contributed by atoms with Crippen LogP contribution >= 0.6 is 0 Å². The van der Waals surface area contributed by atoms with Crippen LogP contribution in [0.15, 0.2) is 34.9 Å². The molecule has 0 fully saturated rings. The molecule has 2 aromatic heterocycles. The van der Waals surface area contributed by atoms with Crippen LogP contribution in [0, 0.1) is 13.8 Å². The summed E-state index contributed by atoms with van der Waals surface area (Å²) >= 11 is 0. The van der Waals surface area contributed by atoms with Gasteiger partial charge in [0.05, 0.1) is 11.7 Å². The minimum atomic E-state index is -0.277. The molecule has 2 heterocycles. The molecule has 1 aromatic carbocycles. The van der Waals surface area contributed by atoms with Crippen molar-refractivity contribution >= 4 is 11.0 Å². The molecular weight excluding hydrogens is 238 g/mol. The van der Waals surface area contributed by atoms with E-state index >= 15 is 0 Å². The first kappa shape index (κ1) is 12.0. The Labute approximate surface area is 111 Å². The molecule has 0 saturated carbocycles. The highest BCUT2D eigenvalue weighted by molar-refractivity contribution is 5.81.